The summed E-state index contributed by atoms with van der Waals surface area (Å²) in [5.41, 5.74) is -0.0621. The van der Waals surface area contributed by atoms with Gasteiger partial charge in [-0.25, -0.2) is 0 Å². The van der Waals surface area contributed by atoms with E-state index >= 15 is 0 Å². The fourth-order valence-electron chi connectivity index (χ4n) is 2.70. The van der Waals surface area contributed by atoms with E-state index in [-0.39, 0.29) is 11.6 Å². The van der Waals surface area contributed by atoms with Crippen LogP contribution in [0.15, 0.2) is 15.9 Å². The van der Waals surface area contributed by atoms with Gasteiger partial charge in [0.25, 0.3) is 0 Å². The van der Waals surface area contributed by atoms with Gasteiger partial charge in [0.2, 0.25) is 0 Å². The van der Waals surface area contributed by atoms with E-state index < -0.39 is 0 Å². The van der Waals surface area contributed by atoms with Crippen LogP contribution >= 0.6 is 27.3 Å². The second-order valence-electron chi connectivity index (χ2n) is 4.74. The smallest absolute Gasteiger partial charge is 0.108 e. The summed E-state index contributed by atoms with van der Waals surface area (Å²) in [6.45, 7) is 0. The minimum Gasteiger partial charge on any atom is -0.386 e. The van der Waals surface area contributed by atoms with E-state index in [4.69, 9.17) is 0 Å². The molecule has 0 spiro atoms. The Morgan fingerprint density at radius 3 is 2.50 bits per heavy atom. The summed E-state index contributed by atoms with van der Waals surface area (Å²) in [4.78, 5) is 3.27. The van der Waals surface area contributed by atoms with Gasteiger partial charge >= 0.3 is 0 Å². The fourth-order valence-corrected chi connectivity index (χ4v) is 4.38. The van der Waals surface area contributed by atoms with E-state index in [0.717, 1.165) is 22.2 Å². The monoisotopic (exact) mass is 303 g/mol. The first-order valence-corrected chi connectivity index (χ1v) is 7.33. The maximum Gasteiger partial charge on any atom is 0.108 e. The van der Waals surface area contributed by atoms with Crippen molar-refractivity contribution in [1.82, 2.24) is 4.90 Å². The Bertz CT molecular complexity index is 358. The first-order valence-electron chi connectivity index (χ1n) is 5.66. The van der Waals surface area contributed by atoms with Crippen LogP contribution in [0.4, 0.5) is 0 Å². The number of aliphatic hydroxyl groups excluding tert-OH is 1. The lowest BCUT2D eigenvalue weighted by Gasteiger charge is -2.40. The van der Waals surface area contributed by atoms with Crippen molar-refractivity contribution in [2.75, 3.05) is 14.1 Å². The summed E-state index contributed by atoms with van der Waals surface area (Å²) in [6.07, 6.45) is 4.24. The average Bonchev–Trinajstić information content (AvgIpc) is 2.85. The predicted molar refractivity (Wildman–Crippen MR) is 71.9 cm³/mol. The first-order chi connectivity index (χ1) is 7.58. The topological polar surface area (TPSA) is 23.5 Å². The zero-order valence-electron chi connectivity index (χ0n) is 9.74. The lowest BCUT2D eigenvalue weighted by atomic mass is 9.88. The Hall–Kier alpha value is 0.100. The molecule has 90 valence electrons. The van der Waals surface area contributed by atoms with Crippen LogP contribution in [0.5, 0.6) is 0 Å². The van der Waals surface area contributed by atoms with Crippen molar-refractivity contribution in [3.05, 3.63) is 20.8 Å². The number of thiophene rings is 1. The van der Waals surface area contributed by atoms with E-state index in [2.05, 4.69) is 34.9 Å². The summed E-state index contributed by atoms with van der Waals surface area (Å²) in [6, 6.07) is 2.02. The summed E-state index contributed by atoms with van der Waals surface area (Å²) in [5, 5.41) is 12.7. The van der Waals surface area contributed by atoms with Crippen molar-refractivity contribution in [3.63, 3.8) is 0 Å². The van der Waals surface area contributed by atoms with Crippen molar-refractivity contribution in [2.24, 2.45) is 0 Å². The van der Waals surface area contributed by atoms with Crippen molar-refractivity contribution in [3.8, 4) is 0 Å². The number of halogens is 1. The largest absolute Gasteiger partial charge is 0.386 e. The Morgan fingerprint density at radius 2 is 2.06 bits per heavy atom. The Kier molecular flexibility index (Phi) is 3.74. The molecule has 0 aliphatic heterocycles. The SMILES string of the molecule is CN(C)C1(C(O)c2sccc2Br)CCCC1. The third-order valence-corrected chi connectivity index (χ3v) is 5.69. The molecule has 0 saturated heterocycles. The van der Waals surface area contributed by atoms with E-state index in [1.165, 1.54) is 12.8 Å². The molecule has 0 bridgehead atoms. The third kappa shape index (κ3) is 1.96. The maximum absolute atomic E-state index is 10.6. The second kappa shape index (κ2) is 4.77. The molecule has 1 N–H and O–H groups in total. The highest BCUT2D eigenvalue weighted by Gasteiger charge is 2.44. The highest BCUT2D eigenvalue weighted by atomic mass is 79.9. The molecule has 1 atom stereocenters. The van der Waals surface area contributed by atoms with Gasteiger partial charge in [0.1, 0.15) is 6.10 Å². The van der Waals surface area contributed by atoms with E-state index in [1.54, 1.807) is 11.3 Å². The second-order valence-corrected chi connectivity index (χ2v) is 6.54. The van der Waals surface area contributed by atoms with Gasteiger partial charge in [-0.3, -0.25) is 0 Å². The Labute approximate surface area is 109 Å². The van der Waals surface area contributed by atoms with Crippen LogP contribution in [0.3, 0.4) is 0 Å². The van der Waals surface area contributed by atoms with Gasteiger partial charge in [0, 0.05) is 9.35 Å². The summed E-state index contributed by atoms with van der Waals surface area (Å²) in [7, 11) is 4.16. The lowest BCUT2D eigenvalue weighted by molar-refractivity contribution is -0.00294. The minimum atomic E-state index is -0.376. The molecule has 4 heteroatoms. The van der Waals surface area contributed by atoms with Gasteiger partial charge in [-0.1, -0.05) is 12.8 Å². The van der Waals surface area contributed by atoms with Gasteiger partial charge in [-0.15, -0.1) is 11.3 Å². The zero-order valence-corrected chi connectivity index (χ0v) is 12.1. The van der Waals surface area contributed by atoms with Gasteiger partial charge < -0.3 is 10.0 Å². The van der Waals surface area contributed by atoms with Crippen LogP contribution in [-0.2, 0) is 0 Å². The quantitative estimate of drug-likeness (QED) is 0.925. The van der Waals surface area contributed by atoms with E-state index in [0.29, 0.717) is 0 Å². The molecule has 16 heavy (non-hydrogen) atoms. The molecule has 1 aromatic heterocycles. The average molecular weight is 304 g/mol. The van der Waals surface area contributed by atoms with Crippen LogP contribution in [0.2, 0.25) is 0 Å². The number of hydrogen-bond donors (Lipinski definition) is 1. The van der Waals surface area contributed by atoms with Gasteiger partial charge in [-0.2, -0.15) is 0 Å². The minimum absolute atomic E-state index is 0.0621. The molecule has 1 fully saturated rings. The lowest BCUT2D eigenvalue weighted by Crippen LogP contribution is -2.46. The number of aliphatic hydroxyl groups is 1. The van der Waals surface area contributed by atoms with E-state index in [9.17, 15) is 5.11 Å². The Morgan fingerprint density at radius 1 is 1.44 bits per heavy atom. The van der Waals surface area contributed by atoms with Crippen LogP contribution in [0, 0.1) is 0 Å². The van der Waals surface area contributed by atoms with Crippen molar-refractivity contribution < 1.29 is 5.11 Å². The van der Waals surface area contributed by atoms with E-state index in [1.807, 2.05) is 11.4 Å². The number of likely N-dealkylation sites (N-methyl/N-ethyl adjacent to an activating group) is 1. The van der Waals surface area contributed by atoms with Crippen molar-refractivity contribution >= 4 is 27.3 Å². The maximum atomic E-state index is 10.6. The molecular formula is C12H18BrNOS. The van der Waals surface area contributed by atoms with Crippen LogP contribution in [0.25, 0.3) is 0 Å². The molecule has 0 aromatic carbocycles. The summed E-state index contributed by atoms with van der Waals surface area (Å²) < 4.78 is 1.04. The molecule has 2 rings (SSSR count). The standard InChI is InChI=1S/C12H18BrNOS/c1-14(2)12(6-3-4-7-12)11(15)10-9(13)5-8-16-10/h5,8,11,15H,3-4,6-7H2,1-2H3. The van der Waals surface area contributed by atoms with Crippen molar-refractivity contribution in [2.45, 2.75) is 37.3 Å². The fraction of sp³-hybridized carbons (Fsp3) is 0.667. The molecule has 1 saturated carbocycles. The summed E-state index contributed by atoms with van der Waals surface area (Å²) in [5.74, 6) is 0. The zero-order chi connectivity index (χ0) is 11.8. The number of nitrogens with zero attached hydrogens (tertiary/aromatic N) is 1. The molecule has 1 unspecified atom stereocenters. The highest BCUT2D eigenvalue weighted by Crippen LogP contribution is 2.46. The molecule has 1 aliphatic rings. The highest BCUT2D eigenvalue weighted by molar-refractivity contribution is 9.10. The summed E-state index contributed by atoms with van der Waals surface area (Å²) >= 11 is 5.16. The third-order valence-electron chi connectivity index (χ3n) is 3.76. The molecule has 1 aliphatic carbocycles. The predicted octanol–water partition coefficient (Wildman–Crippen LogP) is 3.42. The van der Waals surface area contributed by atoms with Crippen molar-refractivity contribution in [1.29, 1.82) is 0 Å². The van der Waals surface area contributed by atoms with Gasteiger partial charge in [-0.05, 0) is 54.3 Å². The molecule has 1 heterocycles. The Balaban J connectivity index is 2.31. The van der Waals surface area contributed by atoms with Gasteiger partial charge in [0.15, 0.2) is 0 Å². The van der Waals surface area contributed by atoms with Crippen LogP contribution < -0.4 is 0 Å². The molecular weight excluding hydrogens is 286 g/mol. The molecule has 0 radical (unpaired) electrons. The normalized spacial score (nSPS) is 21.6. The number of rotatable bonds is 3. The van der Waals surface area contributed by atoms with Gasteiger partial charge in [0.05, 0.1) is 5.54 Å². The molecule has 1 aromatic rings. The van der Waals surface area contributed by atoms with Crippen LogP contribution in [-0.4, -0.2) is 29.6 Å². The number of hydrogen-bond acceptors (Lipinski definition) is 3. The van der Waals surface area contributed by atoms with Crippen LogP contribution in [0.1, 0.15) is 36.7 Å². The molecule has 2 nitrogen and oxygen atoms in total. The first kappa shape index (κ1) is 12.6. The molecule has 0 amide bonds.